The Morgan fingerprint density at radius 1 is 1.42 bits per heavy atom. The fourth-order valence-electron chi connectivity index (χ4n) is 2.76. The second-order valence-corrected chi connectivity index (χ2v) is 5.59. The van der Waals surface area contributed by atoms with E-state index in [0.717, 1.165) is 37.6 Å². The summed E-state index contributed by atoms with van der Waals surface area (Å²) in [6, 6.07) is 5.67. The van der Waals surface area contributed by atoms with Crippen molar-refractivity contribution in [3.63, 3.8) is 0 Å². The molecular weight excluding hydrogens is 308 g/mol. The maximum atomic E-state index is 11.8. The molecule has 0 bridgehead atoms. The van der Waals surface area contributed by atoms with Gasteiger partial charge in [-0.25, -0.2) is 4.98 Å². The summed E-state index contributed by atoms with van der Waals surface area (Å²) in [4.78, 5) is 22.7. The van der Waals surface area contributed by atoms with Crippen LogP contribution in [0.1, 0.15) is 25.5 Å². The molecule has 2 rings (SSSR count). The van der Waals surface area contributed by atoms with Crippen molar-refractivity contribution in [2.45, 2.75) is 26.3 Å². The van der Waals surface area contributed by atoms with Crippen molar-refractivity contribution in [2.75, 3.05) is 33.9 Å². The molecule has 0 radical (unpaired) electrons. The predicted molar refractivity (Wildman–Crippen MR) is 91.9 cm³/mol. The highest BCUT2D eigenvalue weighted by atomic mass is 16.5. The SMILES string of the molecule is CCOC(=O)C1CCN(C(=NC)NCc2cccc(OC)n2)CC1. The molecule has 0 spiro atoms. The van der Waals surface area contributed by atoms with Crippen molar-refractivity contribution in [1.29, 1.82) is 0 Å². The van der Waals surface area contributed by atoms with Gasteiger partial charge in [-0.1, -0.05) is 6.07 Å². The van der Waals surface area contributed by atoms with Crippen LogP contribution in [0.25, 0.3) is 0 Å². The minimum absolute atomic E-state index is 0.000595. The number of methoxy groups -OCH3 is 1. The third kappa shape index (κ3) is 4.84. The standard InChI is InChI=1S/C17H26N4O3/c1-4-24-16(22)13-8-10-21(11-9-13)17(18-2)19-12-14-6-5-7-15(20-14)23-3/h5-7,13H,4,8-12H2,1-3H3,(H,18,19). The summed E-state index contributed by atoms with van der Waals surface area (Å²) < 4.78 is 10.2. The van der Waals surface area contributed by atoms with Crippen molar-refractivity contribution in [3.8, 4) is 5.88 Å². The van der Waals surface area contributed by atoms with E-state index in [0.29, 0.717) is 19.0 Å². The smallest absolute Gasteiger partial charge is 0.309 e. The minimum Gasteiger partial charge on any atom is -0.481 e. The Morgan fingerprint density at radius 2 is 2.17 bits per heavy atom. The quantitative estimate of drug-likeness (QED) is 0.499. The fraction of sp³-hybridized carbons (Fsp3) is 0.588. The lowest BCUT2D eigenvalue weighted by atomic mass is 9.97. The second-order valence-electron chi connectivity index (χ2n) is 5.59. The summed E-state index contributed by atoms with van der Waals surface area (Å²) in [5.41, 5.74) is 0.886. The zero-order valence-corrected chi connectivity index (χ0v) is 14.6. The number of guanidine groups is 1. The molecular formula is C17H26N4O3. The van der Waals surface area contributed by atoms with Crippen LogP contribution >= 0.6 is 0 Å². The van der Waals surface area contributed by atoms with Crippen molar-refractivity contribution >= 4 is 11.9 Å². The van der Waals surface area contributed by atoms with Crippen LogP contribution in [0, 0.1) is 5.92 Å². The van der Waals surface area contributed by atoms with Gasteiger partial charge in [0.1, 0.15) is 0 Å². The van der Waals surface area contributed by atoms with Crippen LogP contribution in [-0.2, 0) is 16.1 Å². The number of aromatic nitrogens is 1. The molecule has 1 fully saturated rings. The summed E-state index contributed by atoms with van der Waals surface area (Å²) in [6.45, 7) is 4.42. The Hall–Kier alpha value is -2.31. The van der Waals surface area contributed by atoms with E-state index in [1.807, 2.05) is 25.1 Å². The van der Waals surface area contributed by atoms with Gasteiger partial charge in [-0.3, -0.25) is 9.79 Å². The highest BCUT2D eigenvalue weighted by Gasteiger charge is 2.27. The molecule has 1 aliphatic rings. The molecule has 0 atom stereocenters. The number of carbonyl (C=O) groups excluding carboxylic acids is 1. The molecule has 0 unspecified atom stereocenters. The van der Waals surface area contributed by atoms with Gasteiger partial charge in [-0.2, -0.15) is 0 Å². The van der Waals surface area contributed by atoms with Crippen LogP contribution in [-0.4, -0.2) is 55.7 Å². The highest BCUT2D eigenvalue weighted by molar-refractivity contribution is 5.80. The molecule has 132 valence electrons. The number of hydrogen-bond donors (Lipinski definition) is 1. The van der Waals surface area contributed by atoms with Crippen LogP contribution < -0.4 is 10.1 Å². The average Bonchev–Trinajstić information content (AvgIpc) is 2.63. The van der Waals surface area contributed by atoms with Crippen molar-refractivity contribution in [1.82, 2.24) is 15.2 Å². The predicted octanol–water partition coefficient (Wildman–Crippen LogP) is 1.44. The first-order chi connectivity index (χ1) is 11.7. The van der Waals surface area contributed by atoms with Crippen molar-refractivity contribution in [3.05, 3.63) is 23.9 Å². The Labute approximate surface area is 143 Å². The maximum Gasteiger partial charge on any atom is 0.309 e. The number of esters is 1. The van der Waals surface area contributed by atoms with E-state index in [-0.39, 0.29) is 11.9 Å². The molecule has 7 nitrogen and oxygen atoms in total. The molecule has 2 heterocycles. The lowest BCUT2D eigenvalue weighted by molar-refractivity contribution is -0.149. The minimum atomic E-state index is -0.0827. The number of pyridine rings is 1. The van der Waals surface area contributed by atoms with Crippen LogP contribution in [0.3, 0.4) is 0 Å². The number of aliphatic imine (C=N–C) groups is 1. The van der Waals surface area contributed by atoms with E-state index in [1.165, 1.54) is 0 Å². The summed E-state index contributed by atoms with van der Waals surface area (Å²) in [6.07, 6.45) is 1.58. The number of rotatable bonds is 5. The average molecular weight is 334 g/mol. The molecule has 0 aromatic carbocycles. The Kier molecular flexibility index (Phi) is 6.84. The Morgan fingerprint density at radius 3 is 2.79 bits per heavy atom. The van der Waals surface area contributed by atoms with Crippen LogP contribution in [0.2, 0.25) is 0 Å². The molecule has 24 heavy (non-hydrogen) atoms. The zero-order valence-electron chi connectivity index (χ0n) is 14.6. The molecule has 1 aromatic rings. The van der Waals surface area contributed by atoms with Crippen LogP contribution in [0.4, 0.5) is 0 Å². The number of carbonyl (C=O) groups is 1. The Bertz CT molecular complexity index is 569. The molecule has 1 saturated heterocycles. The van der Waals surface area contributed by atoms with Gasteiger partial charge in [0.05, 0.1) is 31.9 Å². The molecule has 0 saturated carbocycles. The molecule has 7 heteroatoms. The number of nitrogens with zero attached hydrogens (tertiary/aromatic N) is 3. The van der Waals surface area contributed by atoms with Gasteiger partial charge in [0, 0.05) is 26.2 Å². The van der Waals surface area contributed by atoms with Gasteiger partial charge in [-0.05, 0) is 25.8 Å². The normalized spacial score (nSPS) is 16.0. The second kappa shape index (κ2) is 9.10. The molecule has 1 aliphatic heterocycles. The summed E-state index contributed by atoms with van der Waals surface area (Å²) in [5, 5.41) is 3.32. The first-order valence-electron chi connectivity index (χ1n) is 8.30. The van der Waals surface area contributed by atoms with Crippen molar-refractivity contribution in [2.24, 2.45) is 10.9 Å². The topological polar surface area (TPSA) is 76.0 Å². The highest BCUT2D eigenvalue weighted by Crippen LogP contribution is 2.18. The summed E-state index contributed by atoms with van der Waals surface area (Å²) >= 11 is 0. The lowest BCUT2D eigenvalue weighted by Crippen LogP contribution is -2.46. The Balaban J connectivity index is 1.85. The zero-order chi connectivity index (χ0) is 17.4. The largest absolute Gasteiger partial charge is 0.481 e. The third-order valence-corrected chi connectivity index (χ3v) is 4.04. The number of likely N-dealkylation sites (tertiary alicyclic amines) is 1. The fourth-order valence-corrected chi connectivity index (χ4v) is 2.76. The van der Waals surface area contributed by atoms with Crippen molar-refractivity contribution < 1.29 is 14.3 Å². The van der Waals surface area contributed by atoms with E-state index in [2.05, 4.69) is 20.2 Å². The van der Waals surface area contributed by atoms with Gasteiger partial charge < -0.3 is 19.7 Å². The van der Waals surface area contributed by atoms with E-state index in [4.69, 9.17) is 9.47 Å². The van der Waals surface area contributed by atoms with Gasteiger partial charge in [-0.15, -0.1) is 0 Å². The number of ether oxygens (including phenoxy) is 2. The molecule has 0 aliphatic carbocycles. The molecule has 0 amide bonds. The van der Waals surface area contributed by atoms with E-state index >= 15 is 0 Å². The summed E-state index contributed by atoms with van der Waals surface area (Å²) in [7, 11) is 3.37. The van der Waals surface area contributed by atoms with E-state index < -0.39 is 0 Å². The van der Waals surface area contributed by atoms with Gasteiger partial charge in [0.15, 0.2) is 5.96 Å². The van der Waals surface area contributed by atoms with E-state index in [1.54, 1.807) is 14.2 Å². The van der Waals surface area contributed by atoms with E-state index in [9.17, 15) is 4.79 Å². The third-order valence-electron chi connectivity index (χ3n) is 4.04. The first-order valence-corrected chi connectivity index (χ1v) is 8.30. The maximum absolute atomic E-state index is 11.8. The van der Waals surface area contributed by atoms with Crippen LogP contribution in [0.5, 0.6) is 5.88 Å². The number of nitrogens with one attached hydrogen (secondary N) is 1. The number of piperidine rings is 1. The monoisotopic (exact) mass is 334 g/mol. The van der Waals surface area contributed by atoms with Gasteiger partial charge in [0.2, 0.25) is 5.88 Å². The van der Waals surface area contributed by atoms with Gasteiger partial charge >= 0.3 is 5.97 Å². The molecule has 1 N–H and O–H groups in total. The first kappa shape index (κ1) is 18.0. The number of hydrogen-bond acceptors (Lipinski definition) is 5. The lowest BCUT2D eigenvalue weighted by Gasteiger charge is -2.33. The summed E-state index contributed by atoms with van der Waals surface area (Å²) in [5.74, 6) is 1.33. The van der Waals surface area contributed by atoms with Gasteiger partial charge in [0.25, 0.3) is 0 Å². The molecule has 1 aromatic heterocycles. The van der Waals surface area contributed by atoms with Crippen LogP contribution in [0.15, 0.2) is 23.2 Å².